The number of carbonyl (C=O) groups is 1. The summed E-state index contributed by atoms with van der Waals surface area (Å²) in [4.78, 5) is 10.3. The Bertz CT molecular complexity index is 187. The van der Waals surface area contributed by atoms with Crippen LogP contribution in [0.15, 0.2) is 0 Å². The van der Waals surface area contributed by atoms with Gasteiger partial charge in [-0.1, -0.05) is 57.8 Å². The second kappa shape index (κ2) is 14.5. The zero-order chi connectivity index (χ0) is 13.5. The van der Waals surface area contributed by atoms with Gasteiger partial charge < -0.3 is 5.11 Å². The van der Waals surface area contributed by atoms with E-state index in [-0.39, 0.29) is 0 Å². The number of hydrogen-bond donors (Lipinski definition) is 3. The molecule has 0 aromatic heterocycles. The average Bonchev–Trinajstić information content (AvgIpc) is 2.34. The predicted molar refractivity (Wildman–Crippen MR) is 75.2 cm³/mol. The Hall–Kier alpha value is -0.610. The molecule has 0 aromatic rings. The second-order valence-electron chi connectivity index (χ2n) is 4.99. The highest BCUT2D eigenvalue weighted by molar-refractivity contribution is 5.66. The highest BCUT2D eigenvalue weighted by Crippen LogP contribution is 2.11. The first-order chi connectivity index (χ1) is 8.77. The third kappa shape index (κ3) is 15.4. The smallest absolute Gasteiger partial charge is 0.303 e. The normalized spacial score (nSPS) is 10.7. The molecule has 0 fully saturated rings. The van der Waals surface area contributed by atoms with Gasteiger partial charge in [-0.15, -0.1) is 0 Å². The highest BCUT2D eigenvalue weighted by atomic mass is 16.4. The Morgan fingerprint density at radius 1 is 0.778 bits per heavy atom. The molecular formula is C14H30N2O2. The Labute approximate surface area is 111 Å². The number of hydrogen-bond acceptors (Lipinski definition) is 3. The van der Waals surface area contributed by atoms with Crippen molar-refractivity contribution in [3.63, 3.8) is 0 Å². The summed E-state index contributed by atoms with van der Waals surface area (Å²) in [6.45, 7) is 0.927. The fourth-order valence-electron chi connectivity index (χ4n) is 2.09. The van der Waals surface area contributed by atoms with E-state index >= 15 is 0 Å². The fraction of sp³-hybridized carbons (Fsp3) is 0.929. The van der Waals surface area contributed by atoms with Crippen molar-refractivity contribution in [2.75, 3.05) is 6.54 Å². The van der Waals surface area contributed by atoms with E-state index in [2.05, 4.69) is 5.43 Å². The molecule has 4 heteroatoms. The van der Waals surface area contributed by atoms with Crippen molar-refractivity contribution in [1.29, 1.82) is 0 Å². The van der Waals surface area contributed by atoms with Crippen LogP contribution in [-0.2, 0) is 4.79 Å². The van der Waals surface area contributed by atoms with Crippen LogP contribution < -0.4 is 11.3 Å². The maximum Gasteiger partial charge on any atom is 0.303 e. The molecule has 108 valence electrons. The SMILES string of the molecule is NNCCCCCCCCCCCCCC(=O)O. The van der Waals surface area contributed by atoms with E-state index in [0.717, 1.165) is 19.4 Å². The largest absolute Gasteiger partial charge is 0.481 e. The number of carboxylic acids is 1. The summed E-state index contributed by atoms with van der Waals surface area (Å²) in [5, 5.41) is 8.48. The van der Waals surface area contributed by atoms with Crippen LogP contribution in [0.5, 0.6) is 0 Å². The molecule has 0 aliphatic carbocycles. The van der Waals surface area contributed by atoms with Crippen molar-refractivity contribution in [2.45, 2.75) is 77.0 Å². The molecule has 0 amide bonds. The quantitative estimate of drug-likeness (QED) is 0.254. The summed E-state index contributed by atoms with van der Waals surface area (Å²) in [5.41, 5.74) is 2.67. The number of unbranched alkanes of at least 4 members (excludes halogenated alkanes) is 10. The van der Waals surface area contributed by atoms with E-state index in [4.69, 9.17) is 10.9 Å². The molecule has 0 aliphatic heterocycles. The standard InChI is InChI=1S/C14H30N2O2/c15-16-13-11-9-7-5-3-1-2-4-6-8-10-12-14(17)18/h16H,1-13,15H2,(H,17,18). The second-order valence-corrected chi connectivity index (χ2v) is 4.99. The lowest BCUT2D eigenvalue weighted by atomic mass is 10.1. The van der Waals surface area contributed by atoms with Crippen molar-refractivity contribution >= 4 is 5.97 Å². The van der Waals surface area contributed by atoms with Gasteiger partial charge in [0.05, 0.1) is 0 Å². The van der Waals surface area contributed by atoms with Gasteiger partial charge >= 0.3 is 5.97 Å². The molecule has 18 heavy (non-hydrogen) atoms. The first-order valence-corrected chi connectivity index (χ1v) is 7.42. The van der Waals surface area contributed by atoms with Crippen LogP contribution in [0.4, 0.5) is 0 Å². The van der Waals surface area contributed by atoms with Gasteiger partial charge in [0.25, 0.3) is 0 Å². The minimum atomic E-state index is -0.667. The average molecular weight is 258 g/mol. The molecule has 0 rings (SSSR count). The van der Waals surface area contributed by atoms with E-state index in [1.54, 1.807) is 0 Å². The summed E-state index contributed by atoms with van der Waals surface area (Å²) in [6.07, 6.45) is 13.8. The predicted octanol–water partition coefficient (Wildman–Crippen LogP) is 3.22. The zero-order valence-corrected chi connectivity index (χ0v) is 11.6. The van der Waals surface area contributed by atoms with Crippen molar-refractivity contribution in [2.24, 2.45) is 5.84 Å². The number of nitrogens with two attached hydrogens (primary N) is 1. The summed E-state index contributed by atoms with van der Waals surface area (Å²) in [6, 6.07) is 0. The van der Waals surface area contributed by atoms with Gasteiger partial charge in [-0.3, -0.25) is 16.1 Å². The van der Waals surface area contributed by atoms with Gasteiger partial charge in [0.2, 0.25) is 0 Å². The van der Waals surface area contributed by atoms with Crippen LogP contribution in [0, 0.1) is 0 Å². The lowest BCUT2D eigenvalue weighted by Crippen LogP contribution is -2.22. The van der Waals surface area contributed by atoms with Crippen LogP contribution in [0.2, 0.25) is 0 Å². The topological polar surface area (TPSA) is 75.3 Å². The maximum atomic E-state index is 10.3. The molecule has 0 saturated carbocycles. The summed E-state index contributed by atoms with van der Waals surface area (Å²) in [7, 11) is 0. The fourth-order valence-corrected chi connectivity index (χ4v) is 2.09. The number of aliphatic carboxylic acids is 1. The Balaban J connectivity index is 2.92. The molecule has 4 nitrogen and oxygen atoms in total. The van der Waals surface area contributed by atoms with Crippen LogP contribution in [0.3, 0.4) is 0 Å². The lowest BCUT2D eigenvalue weighted by Gasteiger charge is -2.02. The molecule has 0 atom stereocenters. The molecule has 0 unspecified atom stereocenters. The molecular weight excluding hydrogens is 228 g/mol. The van der Waals surface area contributed by atoms with Crippen molar-refractivity contribution < 1.29 is 9.90 Å². The molecule has 0 aliphatic rings. The van der Waals surface area contributed by atoms with Crippen LogP contribution in [-0.4, -0.2) is 17.6 Å². The lowest BCUT2D eigenvalue weighted by molar-refractivity contribution is -0.137. The van der Waals surface area contributed by atoms with Gasteiger partial charge in [0.15, 0.2) is 0 Å². The van der Waals surface area contributed by atoms with E-state index in [1.165, 1.54) is 57.8 Å². The first-order valence-electron chi connectivity index (χ1n) is 7.42. The van der Waals surface area contributed by atoms with Crippen LogP contribution in [0.25, 0.3) is 0 Å². The monoisotopic (exact) mass is 258 g/mol. The van der Waals surface area contributed by atoms with E-state index in [1.807, 2.05) is 0 Å². The van der Waals surface area contributed by atoms with Crippen molar-refractivity contribution in [3.05, 3.63) is 0 Å². The van der Waals surface area contributed by atoms with E-state index in [0.29, 0.717) is 6.42 Å². The summed E-state index contributed by atoms with van der Waals surface area (Å²) in [5.74, 6) is 4.53. The third-order valence-corrected chi connectivity index (χ3v) is 3.21. The van der Waals surface area contributed by atoms with Gasteiger partial charge in [0, 0.05) is 13.0 Å². The van der Waals surface area contributed by atoms with Crippen molar-refractivity contribution in [3.8, 4) is 0 Å². The number of nitrogens with one attached hydrogen (secondary N) is 1. The van der Waals surface area contributed by atoms with Crippen LogP contribution in [0.1, 0.15) is 77.0 Å². The Morgan fingerprint density at radius 3 is 1.56 bits per heavy atom. The van der Waals surface area contributed by atoms with E-state index in [9.17, 15) is 4.79 Å². The molecule has 4 N–H and O–H groups in total. The summed E-state index contributed by atoms with van der Waals surface area (Å²) < 4.78 is 0. The van der Waals surface area contributed by atoms with Crippen LogP contribution >= 0.6 is 0 Å². The van der Waals surface area contributed by atoms with E-state index < -0.39 is 5.97 Å². The third-order valence-electron chi connectivity index (χ3n) is 3.21. The van der Waals surface area contributed by atoms with Gasteiger partial charge in [-0.2, -0.15) is 0 Å². The Kier molecular flexibility index (Phi) is 14.0. The van der Waals surface area contributed by atoms with Gasteiger partial charge in [0.1, 0.15) is 0 Å². The molecule has 0 radical (unpaired) electrons. The summed E-state index contributed by atoms with van der Waals surface area (Å²) >= 11 is 0. The Morgan fingerprint density at radius 2 is 1.17 bits per heavy atom. The molecule has 0 saturated heterocycles. The molecule has 0 aromatic carbocycles. The van der Waals surface area contributed by atoms with Crippen molar-refractivity contribution in [1.82, 2.24) is 5.43 Å². The molecule has 0 heterocycles. The number of hydrazine groups is 1. The molecule has 0 spiro atoms. The first kappa shape index (κ1) is 17.4. The van der Waals surface area contributed by atoms with Gasteiger partial charge in [-0.05, 0) is 12.8 Å². The zero-order valence-electron chi connectivity index (χ0n) is 11.6. The highest BCUT2D eigenvalue weighted by Gasteiger charge is 1.96. The minimum Gasteiger partial charge on any atom is -0.481 e. The van der Waals surface area contributed by atoms with Gasteiger partial charge in [-0.25, -0.2) is 0 Å². The molecule has 0 bridgehead atoms. The minimum absolute atomic E-state index is 0.331. The number of carboxylic acid groups (broad SMARTS) is 1. The number of rotatable bonds is 14. The maximum absolute atomic E-state index is 10.3.